The summed E-state index contributed by atoms with van der Waals surface area (Å²) in [6.07, 6.45) is 38.3. The molecule has 3 unspecified atom stereocenters. The molecule has 0 aliphatic carbocycles. The van der Waals surface area contributed by atoms with Gasteiger partial charge in [-0.25, -0.2) is 4.57 Å². The lowest BCUT2D eigenvalue weighted by Gasteiger charge is -2.20. The van der Waals surface area contributed by atoms with Crippen LogP contribution in [0, 0.1) is 0 Å². The zero-order valence-electron chi connectivity index (χ0n) is 35.7. The van der Waals surface area contributed by atoms with E-state index in [9.17, 15) is 29.3 Å². The Bertz CT molecular complexity index is 889. The van der Waals surface area contributed by atoms with Gasteiger partial charge >= 0.3 is 19.8 Å². The van der Waals surface area contributed by atoms with Crippen molar-refractivity contribution in [3.63, 3.8) is 0 Å². The van der Waals surface area contributed by atoms with E-state index in [1.54, 1.807) is 0 Å². The average Bonchev–Trinajstić information content (AvgIpc) is 3.17. The van der Waals surface area contributed by atoms with E-state index >= 15 is 0 Å². The molecule has 3 atom stereocenters. The SMILES string of the molecule is CCCCCCCCCCCCCCCCCCCCCCCCCCC(=O)OC(CO)COP(=O)(O)OCC(CO)OC(=O)CCCCCCCCCC. The van der Waals surface area contributed by atoms with E-state index in [0.717, 1.165) is 38.5 Å². The number of aliphatic hydroxyl groups is 2. The second-order valence-electron chi connectivity index (χ2n) is 15.8. The van der Waals surface area contributed by atoms with Crippen LogP contribution in [0.15, 0.2) is 0 Å². The third-order valence-electron chi connectivity index (χ3n) is 10.3. The van der Waals surface area contributed by atoms with E-state index in [0.29, 0.717) is 12.8 Å². The molecular weight excluding hydrogens is 719 g/mol. The van der Waals surface area contributed by atoms with E-state index in [2.05, 4.69) is 13.8 Å². The summed E-state index contributed by atoms with van der Waals surface area (Å²) in [5.41, 5.74) is 0. The van der Waals surface area contributed by atoms with Gasteiger partial charge in [0, 0.05) is 12.8 Å². The van der Waals surface area contributed by atoms with Crippen LogP contribution in [0.1, 0.15) is 232 Å². The van der Waals surface area contributed by atoms with Gasteiger partial charge in [-0.3, -0.25) is 18.6 Å². The van der Waals surface area contributed by atoms with Crippen molar-refractivity contribution in [1.29, 1.82) is 0 Å². The van der Waals surface area contributed by atoms with Gasteiger partial charge in [-0.15, -0.1) is 0 Å². The summed E-state index contributed by atoms with van der Waals surface area (Å²) in [6, 6.07) is 0. The summed E-state index contributed by atoms with van der Waals surface area (Å²) in [7, 11) is -4.62. The van der Waals surface area contributed by atoms with Crippen molar-refractivity contribution < 1.29 is 47.8 Å². The Balaban J connectivity index is 3.74. The molecule has 11 heteroatoms. The lowest BCUT2D eigenvalue weighted by molar-refractivity contribution is -0.153. The van der Waals surface area contributed by atoms with Crippen molar-refractivity contribution in [1.82, 2.24) is 0 Å². The monoisotopic (exact) mass is 807 g/mol. The minimum atomic E-state index is -4.62. The van der Waals surface area contributed by atoms with Crippen LogP contribution in [0.3, 0.4) is 0 Å². The predicted molar refractivity (Wildman–Crippen MR) is 224 cm³/mol. The van der Waals surface area contributed by atoms with Crippen molar-refractivity contribution in [2.45, 2.75) is 244 Å². The van der Waals surface area contributed by atoms with Gasteiger partial charge in [0.25, 0.3) is 0 Å². The molecule has 3 N–H and O–H groups in total. The van der Waals surface area contributed by atoms with Crippen molar-refractivity contribution in [2.24, 2.45) is 0 Å². The lowest BCUT2D eigenvalue weighted by Crippen LogP contribution is -2.28. The van der Waals surface area contributed by atoms with Crippen LogP contribution in [0.4, 0.5) is 0 Å². The van der Waals surface area contributed by atoms with Crippen LogP contribution in [0.5, 0.6) is 0 Å². The van der Waals surface area contributed by atoms with Crippen LogP contribution in [0.25, 0.3) is 0 Å². The van der Waals surface area contributed by atoms with Crippen LogP contribution in [0.2, 0.25) is 0 Å². The minimum Gasteiger partial charge on any atom is -0.457 e. The maximum Gasteiger partial charge on any atom is 0.472 e. The molecule has 0 heterocycles. The number of unbranched alkanes of at least 4 members (excludes halogenated alkanes) is 30. The minimum absolute atomic E-state index is 0.196. The number of ether oxygens (including phenoxy) is 2. The Morgan fingerprint density at radius 1 is 0.418 bits per heavy atom. The number of phosphoric acid groups is 1. The van der Waals surface area contributed by atoms with Crippen molar-refractivity contribution in [3.8, 4) is 0 Å². The first kappa shape index (κ1) is 54.0. The Morgan fingerprint density at radius 2 is 0.636 bits per heavy atom. The zero-order valence-corrected chi connectivity index (χ0v) is 36.6. The smallest absolute Gasteiger partial charge is 0.457 e. The molecule has 0 aromatic carbocycles. The maximum atomic E-state index is 12.3. The van der Waals surface area contributed by atoms with Crippen LogP contribution in [-0.2, 0) is 32.7 Å². The van der Waals surface area contributed by atoms with Crippen LogP contribution >= 0.6 is 7.82 Å². The van der Waals surface area contributed by atoms with Gasteiger partial charge in [-0.05, 0) is 12.8 Å². The number of hydrogen-bond donors (Lipinski definition) is 3. The summed E-state index contributed by atoms with van der Waals surface area (Å²) in [6.45, 7) is 2.20. The van der Waals surface area contributed by atoms with E-state index in [1.165, 1.54) is 154 Å². The molecule has 0 radical (unpaired) electrons. The fourth-order valence-electron chi connectivity index (χ4n) is 6.76. The number of hydrogen-bond acceptors (Lipinski definition) is 9. The van der Waals surface area contributed by atoms with E-state index < -0.39 is 58.4 Å². The highest BCUT2D eigenvalue weighted by Gasteiger charge is 2.27. The first-order valence-corrected chi connectivity index (χ1v) is 24.5. The first-order chi connectivity index (χ1) is 26.8. The van der Waals surface area contributed by atoms with E-state index in [-0.39, 0.29) is 12.8 Å². The number of carbonyl (C=O) groups excluding carboxylic acids is 2. The highest BCUT2D eigenvalue weighted by molar-refractivity contribution is 7.47. The normalized spacial score (nSPS) is 13.8. The molecule has 55 heavy (non-hydrogen) atoms. The molecule has 0 amide bonds. The Morgan fingerprint density at radius 3 is 0.855 bits per heavy atom. The Hall–Kier alpha value is -1.03. The Labute approximate surface area is 337 Å². The molecule has 0 aromatic rings. The summed E-state index contributed by atoms with van der Waals surface area (Å²) in [4.78, 5) is 34.4. The lowest BCUT2D eigenvalue weighted by atomic mass is 10.0. The summed E-state index contributed by atoms with van der Waals surface area (Å²) >= 11 is 0. The number of carbonyl (C=O) groups is 2. The van der Waals surface area contributed by atoms with E-state index in [1.807, 2.05) is 0 Å². The standard InChI is InChI=1S/C44H87O10P/c1-3-5-7-9-11-13-14-15-16-17-18-19-20-21-22-23-24-25-26-27-28-30-32-34-36-44(48)54-42(38-46)40-52-55(49,50)51-39-41(37-45)53-43(47)35-33-31-29-12-10-8-6-4-2/h41-42,45-46H,3-40H2,1-2H3,(H,49,50). The molecule has 0 aliphatic heterocycles. The molecule has 0 rings (SSSR count). The van der Waals surface area contributed by atoms with Crippen molar-refractivity contribution in [2.75, 3.05) is 26.4 Å². The van der Waals surface area contributed by atoms with Crippen LogP contribution < -0.4 is 0 Å². The largest absolute Gasteiger partial charge is 0.472 e. The predicted octanol–water partition coefficient (Wildman–Crippen LogP) is 12.2. The third-order valence-corrected chi connectivity index (χ3v) is 11.3. The molecule has 0 saturated carbocycles. The molecule has 0 aliphatic rings. The molecule has 0 aromatic heterocycles. The van der Waals surface area contributed by atoms with Gasteiger partial charge in [0.05, 0.1) is 26.4 Å². The van der Waals surface area contributed by atoms with Gasteiger partial charge in [-0.2, -0.15) is 0 Å². The fraction of sp³-hybridized carbons (Fsp3) is 0.955. The van der Waals surface area contributed by atoms with Gasteiger partial charge < -0.3 is 24.6 Å². The van der Waals surface area contributed by atoms with Gasteiger partial charge in [0.1, 0.15) is 12.2 Å². The van der Waals surface area contributed by atoms with Crippen molar-refractivity contribution in [3.05, 3.63) is 0 Å². The van der Waals surface area contributed by atoms with Gasteiger partial charge in [0.15, 0.2) is 0 Å². The third kappa shape index (κ3) is 39.6. The molecule has 10 nitrogen and oxygen atoms in total. The number of esters is 2. The first-order valence-electron chi connectivity index (χ1n) is 23.0. The summed E-state index contributed by atoms with van der Waals surface area (Å²) in [5.74, 6) is -1.01. The van der Waals surface area contributed by atoms with Gasteiger partial charge in [0.2, 0.25) is 0 Å². The highest BCUT2D eigenvalue weighted by atomic mass is 31.2. The fourth-order valence-corrected chi connectivity index (χ4v) is 7.55. The second kappa shape index (κ2) is 41.1. The molecule has 328 valence electrons. The average molecular weight is 807 g/mol. The summed E-state index contributed by atoms with van der Waals surface area (Å²) < 4.78 is 32.5. The zero-order chi connectivity index (χ0) is 40.5. The molecular formula is C44H87O10P. The number of rotatable bonds is 44. The number of phosphoric ester groups is 1. The topological polar surface area (TPSA) is 149 Å². The molecule has 0 saturated heterocycles. The van der Waals surface area contributed by atoms with Crippen LogP contribution in [-0.4, -0.2) is 65.7 Å². The summed E-state index contributed by atoms with van der Waals surface area (Å²) in [5, 5.41) is 19.1. The van der Waals surface area contributed by atoms with Gasteiger partial charge in [-0.1, -0.05) is 206 Å². The van der Waals surface area contributed by atoms with Crippen molar-refractivity contribution >= 4 is 19.8 Å². The van der Waals surface area contributed by atoms with E-state index in [4.69, 9.17) is 18.5 Å². The quantitative estimate of drug-likeness (QED) is 0.0308. The molecule has 0 fully saturated rings. The second-order valence-corrected chi connectivity index (χ2v) is 17.2. The molecule has 0 bridgehead atoms. The highest BCUT2D eigenvalue weighted by Crippen LogP contribution is 2.43. The maximum absolute atomic E-state index is 12.3. The molecule has 0 spiro atoms. The Kier molecular flexibility index (Phi) is 40.4. The number of aliphatic hydroxyl groups excluding tert-OH is 2.